The normalized spacial score (nSPS) is 36.9. The van der Waals surface area contributed by atoms with E-state index in [1.165, 1.54) is 38.5 Å². The highest BCUT2D eigenvalue weighted by Gasteiger charge is 2.54. The highest BCUT2D eigenvalue weighted by molar-refractivity contribution is 4.97. The molecule has 0 aromatic carbocycles. The van der Waals surface area contributed by atoms with Gasteiger partial charge in [0.15, 0.2) is 5.79 Å². The van der Waals surface area contributed by atoms with Crippen molar-refractivity contribution in [3.8, 4) is 0 Å². The molecule has 0 aromatic heterocycles. The van der Waals surface area contributed by atoms with E-state index in [0.717, 1.165) is 32.0 Å². The van der Waals surface area contributed by atoms with Crippen LogP contribution in [0.2, 0.25) is 0 Å². The highest BCUT2D eigenvalue weighted by atomic mass is 16.7. The van der Waals surface area contributed by atoms with Crippen LogP contribution in [0.15, 0.2) is 0 Å². The standard InChI is InChI=1S/C16H28O3/c1-12(17)14-7-8-16(18-9-10-19-16)15(14)11-13-5-3-2-4-6-13/h12-15,17H,2-11H2,1H3. The molecule has 1 heterocycles. The summed E-state index contributed by atoms with van der Waals surface area (Å²) in [6.07, 6.45) is 9.86. The lowest BCUT2D eigenvalue weighted by atomic mass is 9.77. The van der Waals surface area contributed by atoms with Crippen LogP contribution < -0.4 is 0 Å². The molecule has 2 aliphatic carbocycles. The molecule has 0 amide bonds. The summed E-state index contributed by atoms with van der Waals surface area (Å²) >= 11 is 0. The highest BCUT2D eigenvalue weighted by Crippen LogP contribution is 2.50. The van der Waals surface area contributed by atoms with Crippen molar-refractivity contribution in [1.82, 2.24) is 0 Å². The Morgan fingerprint density at radius 1 is 1.11 bits per heavy atom. The van der Waals surface area contributed by atoms with Gasteiger partial charge >= 0.3 is 0 Å². The lowest BCUT2D eigenvalue weighted by molar-refractivity contribution is -0.194. The Hall–Kier alpha value is -0.120. The number of hydrogen-bond donors (Lipinski definition) is 1. The minimum absolute atomic E-state index is 0.235. The summed E-state index contributed by atoms with van der Waals surface area (Å²) in [7, 11) is 0. The summed E-state index contributed by atoms with van der Waals surface area (Å²) in [6, 6.07) is 0. The number of hydrogen-bond acceptors (Lipinski definition) is 3. The number of ether oxygens (including phenoxy) is 2. The molecule has 1 saturated heterocycles. The summed E-state index contributed by atoms with van der Waals surface area (Å²) in [5.74, 6) is 1.24. The maximum atomic E-state index is 10.1. The van der Waals surface area contributed by atoms with E-state index >= 15 is 0 Å². The fraction of sp³-hybridized carbons (Fsp3) is 1.00. The lowest BCUT2D eigenvalue weighted by Gasteiger charge is -2.36. The lowest BCUT2D eigenvalue weighted by Crippen LogP contribution is -2.40. The maximum Gasteiger partial charge on any atom is 0.171 e. The van der Waals surface area contributed by atoms with Gasteiger partial charge in [0, 0.05) is 12.3 Å². The van der Waals surface area contributed by atoms with Crippen LogP contribution in [0.4, 0.5) is 0 Å². The fourth-order valence-corrected chi connectivity index (χ4v) is 4.62. The smallest absolute Gasteiger partial charge is 0.171 e. The van der Waals surface area contributed by atoms with Crippen molar-refractivity contribution in [3.63, 3.8) is 0 Å². The van der Waals surface area contributed by atoms with Gasteiger partial charge in [0.05, 0.1) is 19.3 Å². The van der Waals surface area contributed by atoms with Crippen molar-refractivity contribution in [3.05, 3.63) is 0 Å². The Labute approximate surface area is 116 Å². The Balaban J connectivity index is 1.71. The zero-order chi connectivity index (χ0) is 13.3. The van der Waals surface area contributed by atoms with E-state index in [4.69, 9.17) is 9.47 Å². The predicted octanol–water partition coefficient (Wildman–Crippen LogP) is 3.11. The monoisotopic (exact) mass is 268 g/mol. The van der Waals surface area contributed by atoms with Crippen molar-refractivity contribution in [2.24, 2.45) is 17.8 Å². The molecule has 3 atom stereocenters. The van der Waals surface area contributed by atoms with E-state index < -0.39 is 0 Å². The second kappa shape index (κ2) is 5.71. The van der Waals surface area contributed by atoms with Gasteiger partial charge in [-0.1, -0.05) is 32.1 Å². The molecule has 0 bridgehead atoms. The molecule has 0 radical (unpaired) electrons. The fourth-order valence-electron chi connectivity index (χ4n) is 4.62. The quantitative estimate of drug-likeness (QED) is 0.854. The van der Waals surface area contributed by atoms with Crippen molar-refractivity contribution < 1.29 is 14.6 Å². The first kappa shape index (κ1) is 13.8. The third-order valence-electron chi connectivity index (χ3n) is 5.62. The van der Waals surface area contributed by atoms with E-state index in [1.54, 1.807) is 0 Å². The van der Waals surface area contributed by atoms with Crippen LogP contribution >= 0.6 is 0 Å². The SMILES string of the molecule is CC(O)C1CCC2(OCCO2)C1CC1CCCCC1. The molecular formula is C16H28O3. The molecule has 0 aromatic rings. The molecule has 3 unspecified atom stereocenters. The third-order valence-corrected chi connectivity index (χ3v) is 5.62. The number of rotatable bonds is 3. The van der Waals surface area contributed by atoms with Crippen LogP contribution in [-0.4, -0.2) is 30.2 Å². The van der Waals surface area contributed by atoms with Gasteiger partial charge in [-0.3, -0.25) is 0 Å². The van der Waals surface area contributed by atoms with Gasteiger partial charge in [-0.15, -0.1) is 0 Å². The van der Waals surface area contributed by atoms with Crippen molar-refractivity contribution in [2.45, 2.75) is 70.2 Å². The van der Waals surface area contributed by atoms with Crippen molar-refractivity contribution >= 4 is 0 Å². The number of aliphatic hydroxyl groups excluding tert-OH is 1. The largest absolute Gasteiger partial charge is 0.393 e. The molecule has 19 heavy (non-hydrogen) atoms. The van der Waals surface area contributed by atoms with Crippen LogP contribution in [-0.2, 0) is 9.47 Å². The Kier molecular flexibility index (Phi) is 4.16. The molecule has 2 saturated carbocycles. The van der Waals surface area contributed by atoms with Crippen LogP contribution in [0.3, 0.4) is 0 Å². The molecule has 3 heteroatoms. The third kappa shape index (κ3) is 2.70. The van der Waals surface area contributed by atoms with E-state index in [-0.39, 0.29) is 11.9 Å². The Bertz CT molecular complexity index is 290. The first-order chi connectivity index (χ1) is 9.21. The van der Waals surface area contributed by atoms with Crippen LogP contribution in [0.25, 0.3) is 0 Å². The Morgan fingerprint density at radius 3 is 2.42 bits per heavy atom. The van der Waals surface area contributed by atoms with Crippen molar-refractivity contribution in [1.29, 1.82) is 0 Å². The van der Waals surface area contributed by atoms with Gasteiger partial charge < -0.3 is 14.6 Å². The average molecular weight is 268 g/mol. The van der Waals surface area contributed by atoms with E-state index in [0.29, 0.717) is 11.8 Å². The van der Waals surface area contributed by atoms with Gasteiger partial charge in [0.2, 0.25) is 0 Å². The zero-order valence-electron chi connectivity index (χ0n) is 12.1. The molecule has 1 spiro atoms. The molecule has 3 nitrogen and oxygen atoms in total. The average Bonchev–Trinajstić information content (AvgIpc) is 3.01. The van der Waals surface area contributed by atoms with E-state index in [2.05, 4.69) is 0 Å². The second-order valence-electron chi connectivity index (χ2n) is 6.80. The van der Waals surface area contributed by atoms with Crippen LogP contribution in [0.1, 0.15) is 58.3 Å². The Morgan fingerprint density at radius 2 is 1.79 bits per heavy atom. The molecule has 110 valence electrons. The molecule has 3 rings (SSSR count). The molecular weight excluding hydrogens is 240 g/mol. The minimum atomic E-state index is -0.348. The second-order valence-corrected chi connectivity index (χ2v) is 6.80. The summed E-state index contributed by atoms with van der Waals surface area (Å²) in [6.45, 7) is 3.40. The summed E-state index contributed by atoms with van der Waals surface area (Å²) in [5, 5.41) is 10.1. The minimum Gasteiger partial charge on any atom is -0.393 e. The summed E-state index contributed by atoms with van der Waals surface area (Å²) in [4.78, 5) is 0. The van der Waals surface area contributed by atoms with Crippen LogP contribution in [0, 0.1) is 17.8 Å². The van der Waals surface area contributed by atoms with Gasteiger partial charge in [-0.25, -0.2) is 0 Å². The molecule has 3 aliphatic rings. The molecule has 1 aliphatic heterocycles. The van der Waals surface area contributed by atoms with Crippen molar-refractivity contribution in [2.75, 3.05) is 13.2 Å². The first-order valence-corrected chi connectivity index (χ1v) is 8.17. The topological polar surface area (TPSA) is 38.7 Å². The van der Waals surface area contributed by atoms with Gasteiger partial charge in [0.1, 0.15) is 0 Å². The first-order valence-electron chi connectivity index (χ1n) is 8.17. The zero-order valence-corrected chi connectivity index (χ0v) is 12.1. The van der Waals surface area contributed by atoms with Crippen LogP contribution in [0.5, 0.6) is 0 Å². The van der Waals surface area contributed by atoms with Gasteiger partial charge in [-0.2, -0.15) is 0 Å². The summed E-state index contributed by atoms with van der Waals surface area (Å²) < 4.78 is 12.0. The molecule has 3 fully saturated rings. The number of aliphatic hydroxyl groups is 1. The maximum absolute atomic E-state index is 10.1. The van der Waals surface area contributed by atoms with Gasteiger partial charge in [-0.05, 0) is 31.6 Å². The summed E-state index contributed by atoms with van der Waals surface area (Å²) in [5.41, 5.74) is 0. The van der Waals surface area contributed by atoms with E-state index in [9.17, 15) is 5.11 Å². The van der Waals surface area contributed by atoms with Gasteiger partial charge in [0.25, 0.3) is 0 Å². The van der Waals surface area contributed by atoms with E-state index in [1.807, 2.05) is 6.92 Å². The molecule has 1 N–H and O–H groups in total. The predicted molar refractivity (Wildman–Crippen MR) is 73.7 cm³/mol.